The molecule has 3 amide bonds. The maximum absolute atomic E-state index is 11.9. The lowest BCUT2D eigenvalue weighted by atomic mass is 10.1. The van der Waals surface area contributed by atoms with Crippen molar-refractivity contribution in [1.82, 2.24) is 15.5 Å². The van der Waals surface area contributed by atoms with Gasteiger partial charge in [-0.3, -0.25) is 15.0 Å². The van der Waals surface area contributed by atoms with Gasteiger partial charge in [-0.2, -0.15) is 0 Å². The van der Waals surface area contributed by atoms with Crippen LogP contribution in [0.15, 0.2) is 18.2 Å². The van der Waals surface area contributed by atoms with Crippen LogP contribution in [0.5, 0.6) is 0 Å². The molecule has 1 atom stereocenters. The van der Waals surface area contributed by atoms with Crippen molar-refractivity contribution in [2.45, 2.75) is 26.1 Å². The fraction of sp³-hybridized carbons (Fsp3) is 0.385. The molecule has 1 aromatic carbocycles. The van der Waals surface area contributed by atoms with E-state index in [0.29, 0.717) is 13.1 Å². The lowest BCUT2D eigenvalue weighted by Crippen LogP contribution is -2.47. The highest BCUT2D eigenvalue weighted by Crippen LogP contribution is 2.26. The molecular weight excluding hydrogens is 244 g/mol. The van der Waals surface area contributed by atoms with E-state index in [1.165, 1.54) is 12.6 Å². The maximum Gasteiger partial charge on any atom is 0.321 e. The molecule has 1 aromatic rings. The van der Waals surface area contributed by atoms with Crippen molar-refractivity contribution in [3.63, 3.8) is 0 Å². The van der Waals surface area contributed by atoms with E-state index in [1.807, 2.05) is 23.1 Å². The van der Waals surface area contributed by atoms with Gasteiger partial charge < -0.3 is 11.1 Å². The number of urea groups is 1. The second kappa shape index (κ2) is 5.27. The van der Waals surface area contributed by atoms with Crippen LogP contribution in [0.1, 0.15) is 18.1 Å². The van der Waals surface area contributed by atoms with E-state index < -0.39 is 6.03 Å². The van der Waals surface area contributed by atoms with Gasteiger partial charge in [0.05, 0.1) is 6.04 Å². The number of amides is 3. The Morgan fingerprint density at radius 2 is 2.00 bits per heavy atom. The molecule has 6 nitrogen and oxygen atoms in total. The second-order valence-corrected chi connectivity index (χ2v) is 4.68. The molecule has 0 saturated heterocycles. The maximum atomic E-state index is 11.9. The first-order chi connectivity index (χ1) is 9.01. The number of hydrogen-bond donors (Lipinski definition) is 3. The number of nitrogens with two attached hydrogens (primary N) is 1. The summed E-state index contributed by atoms with van der Waals surface area (Å²) in [4.78, 5) is 25.0. The first kappa shape index (κ1) is 13.4. The first-order valence-corrected chi connectivity index (χ1v) is 6.15. The SMILES string of the molecule is CNC(=O)NC(=O)C(C)N1Cc2ccc(N)cc2C1. The number of nitrogen functional groups attached to an aromatic ring is 1. The fourth-order valence-electron chi connectivity index (χ4n) is 2.16. The van der Waals surface area contributed by atoms with Crippen LogP contribution in [0.4, 0.5) is 10.5 Å². The third-order valence-electron chi connectivity index (χ3n) is 3.37. The highest BCUT2D eigenvalue weighted by Gasteiger charge is 2.28. The minimum atomic E-state index is -0.488. The van der Waals surface area contributed by atoms with Crippen LogP contribution in [0.2, 0.25) is 0 Å². The monoisotopic (exact) mass is 262 g/mol. The Kier molecular flexibility index (Phi) is 3.71. The molecule has 2 rings (SSSR count). The average Bonchev–Trinajstić information content (AvgIpc) is 2.80. The molecule has 0 aromatic heterocycles. The van der Waals surface area contributed by atoms with E-state index in [4.69, 9.17) is 5.73 Å². The van der Waals surface area contributed by atoms with Crippen LogP contribution >= 0.6 is 0 Å². The predicted octanol–water partition coefficient (Wildman–Crippen LogP) is 0.428. The minimum absolute atomic E-state index is 0.305. The second-order valence-electron chi connectivity index (χ2n) is 4.68. The van der Waals surface area contributed by atoms with Crippen molar-refractivity contribution >= 4 is 17.6 Å². The molecule has 19 heavy (non-hydrogen) atoms. The number of rotatable bonds is 2. The van der Waals surface area contributed by atoms with Crippen LogP contribution in [0.25, 0.3) is 0 Å². The molecule has 4 N–H and O–H groups in total. The number of anilines is 1. The van der Waals surface area contributed by atoms with Crippen LogP contribution < -0.4 is 16.4 Å². The van der Waals surface area contributed by atoms with Gasteiger partial charge in [0, 0.05) is 25.8 Å². The van der Waals surface area contributed by atoms with Gasteiger partial charge in [0.25, 0.3) is 0 Å². The van der Waals surface area contributed by atoms with Gasteiger partial charge in [-0.25, -0.2) is 4.79 Å². The summed E-state index contributed by atoms with van der Waals surface area (Å²) in [6, 6.07) is 4.91. The third kappa shape index (κ3) is 2.85. The summed E-state index contributed by atoms with van der Waals surface area (Å²) in [5, 5.41) is 4.65. The summed E-state index contributed by atoms with van der Waals surface area (Å²) in [6.07, 6.45) is 0. The van der Waals surface area contributed by atoms with Gasteiger partial charge in [0.2, 0.25) is 5.91 Å². The molecular formula is C13H18N4O2. The van der Waals surface area contributed by atoms with Crippen LogP contribution in [0.3, 0.4) is 0 Å². The first-order valence-electron chi connectivity index (χ1n) is 6.15. The van der Waals surface area contributed by atoms with Gasteiger partial charge in [0.15, 0.2) is 0 Å². The minimum Gasteiger partial charge on any atom is -0.399 e. The molecule has 1 aliphatic rings. The van der Waals surface area contributed by atoms with Gasteiger partial charge >= 0.3 is 6.03 Å². The normalized spacial score (nSPS) is 15.7. The Bertz CT molecular complexity index is 515. The highest BCUT2D eigenvalue weighted by atomic mass is 16.2. The van der Waals surface area contributed by atoms with Crippen LogP contribution in [0, 0.1) is 0 Å². The number of fused-ring (bicyclic) bond motifs is 1. The Morgan fingerprint density at radius 3 is 2.68 bits per heavy atom. The summed E-state index contributed by atoms with van der Waals surface area (Å²) in [5.41, 5.74) is 8.78. The zero-order valence-corrected chi connectivity index (χ0v) is 11.1. The van der Waals surface area contributed by atoms with E-state index in [0.717, 1.165) is 11.3 Å². The molecule has 102 valence electrons. The van der Waals surface area contributed by atoms with Crippen molar-refractivity contribution in [3.05, 3.63) is 29.3 Å². The van der Waals surface area contributed by atoms with Crippen molar-refractivity contribution < 1.29 is 9.59 Å². The van der Waals surface area contributed by atoms with E-state index in [1.54, 1.807) is 6.92 Å². The lowest BCUT2D eigenvalue weighted by molar-refractivity contribution is -0.124. The summed E-state index contributed by atoms with van der Waals surface area (Å²) in [6.45, 7) is 3.15. The van der Waals surface area contributed by atoms with Gasteiger partial charge in [-0.15, -0.1) is 0 Å². The molecule has 1 heterocycles. The Labute approximate surface area is 112 Å². The summed E-state index contributed by atoms with van der Waals surface area (Å²) < 4.78 is 0. The number of benzene rings is 1. The zero-order chi connectivity index (χ0) is 14.0. The average molecular weight is 262 g/mol. The third-order valence-corrected chi connectivity index (χ3v) is 3.37. The van der Waals surface area contributed by atoms with Crippen LogP contribution in [-0.2, 0) is 17.9 Å². The smallest absolute Gasteiger partial charge is 0.321 e. The molecule has 0 bridgehead atoms. The summed E-state index contributed by atoms with van der Waals surface area (Å²) in [5.74, 6) is -0.305. The van der Waals surface area contributed by atoms with Crippen LogP contribution in [-0.4, -0.2) is 29.9 Å². The largest absolute Gasteiger partial charge is 0.399 e. The molecule has 0 aliphatic carbocycles. The highest BCUT2D eigenvalue weighted by molar-refractivity contribution is 5.96. The number of carbonyl (C=O) groups is 2. The van der Waals surface area contributed by atoms with Crippen molar-refractivity contribution in [1.29, 1.82) is 0 Å². The van der Waals surface area contributed by atoms with E-state index in [2.05, 4.69) is 10.6 Å². The number of carbonyl (C=O) groups excluding carboxylic acids is 2. The Morgan fingerprint density at radius 1 is 1.32 bits per heavy atom. The molecule has 1 unspecified atom stereocenters. The summed E-state index contributed by atoms with van der Waals surface area (Å²) in [7, 11) is 1.47. The standard InChI is InChI=1S/C13H18N4O2/c1-8(12(18)16-13(19)15-2)17-6-9-3-4-11(14)5-10(9)7-17/h3-5,8H,6-7,14H2,1-2H3,(H2,15,16,18,19). The zero-order valence-electron chi connectivity index (χ0n) is 11.1. The number of nitrogens with zero attached hydrogens (tertiary/aromatic N) is 1. The number of nitrogens with one attached hydrogen (secondary N) is 2. The number of hydrogen-bond acceptors (Lipinski definition) is 4. The van der Waals surface area contributed by atoms with Crippen molar-refractivity contribution in [2.24, 2.45) is 0 Å². The number of imide groups is 1. The molecule has 0 fully saturated rings. The van der Waals surface area contributed by atoms with Gasteiger partial charge in [-0.1, -0.05) is 6.07 Å². The predicted molar refractivity (Wildman–Crippen MR) is 72.2 cm³/mol. The Hall–Kier alpha value is -2.08. The fourth-order valence-corrected chi connectivity index (χ4v) is 2.16. The van der Waals surface area contributed by atoms with E-state index in [-0.39, 0.29) is 11.9 Å². The Balaban J connectivity index is 2.02. The molecule has 1 aliphatic heterocycles. The molecule has 0 saturated carbocycles. The summed E-state index contributed by atoms with van der Waals surface area (Å²) >= 11 is 0. The van der Waals surface area contributed by atoms with E-state index in [9.17, 15) is 9.59 Å². The molecule has 6 heteroatoms. The lowest BCUT2D eigenvalue weighted by Gasteiger charge is -2.22. The van der Waals surface area contributed by atoms with Crippen molar-refractivity contribution in [3.8, 4) is 0 Å². The van der Waals surface area contributed by atoms with Gasteiger partial charge in [0.1, 0.15) is 0 Å². The molecule has 0 spiro atoms. The quantitative estimate of drug-likeness (QED) is 0.674. The van der Waals surface area contributed by atoms with E-state index >= 15 is 0 Å². The molecule has 0 radical (unpaired) electrons. The van der Waals surface area contributed by atoms with Gasteiger partial charge in [-0.05, 0) is 30.2 Å². The topological polar surface area (TPSA) is 87.5 Å². The van der Waals surface area contributed by atoms with Crippen molar-refractivity contribution in [2.75, 3.05) is 12.8 Å².